The Morgan fingerprint density at radius 1 is 1.27 bits per heavy atom. The van der Waals surface area contributed by atoms with Gasteiger partial charge in [0.05, 0.1) is 11.8 Å². The normalized spacial score (nSPS) is 20.2. The number of carboxylic acid groups (broad SMARTS) is 1. The second-order valence-electron chi connectivity index (χ2n) is 10.2. The zero-order valence-electron chi connectivity index (χ0n) is 23.6. The maximum atomic E-state index is 11.1. The van der Waals surface area contributed by atoms with E-state index in [4.69, 9.17) is 9.94 Å². The number of carbonyl (C=O) groups is 1. The molecule has 6 heteroatoms. The van der Waals surface area contributed by atoms with Crippen molar-refractivity contribution in [1.29, 1.82) is 0 Å². The van der Waals surface area contributed by atoms with E-state index >= 15 is 0 Å². The highest BCUT2D eigenvalue weighted by Gasteiger charge is 2.33. The average molecular weight is 510 g/mol. The van der Waals surface area contributed by atoms with Gasteiger partial charge in [0.15, 0.2) is 0 Å². The third kappa shape index (κ3) is 9.84. The Morgan fingerprint density at radius 2 is 2.00 bits per heavy atom. The van der Waals surface area contributed by atoms with Crippen molar-refractivity contribution in [2.24, 2.45) is 5.16 Å². The summed E-state index contributed by atoms with van der Waals surface area (Å²) in [6, 6.07) is 6.99. The number of oxime groups is 1. The van der Waals surface area contributed by atoms with E-state index in [0.717, 1.165) is 70.3 Å². The fourth-order valence-electron chi connectivity index (χ4n) is 4.66. The zero-order valence-corrected chi connectivity index (χ0v) is 23.6. The molecule has 0 bridgehead atoms. The number of hydrogen-bond donors (Lipinski definition) is 1. The predicted molar refractivity (Wildman–Crippen MR) is 154 cm³/mol. The van der Waals surface area contributed by atoms with Gasteiger partial charge in [-0.05, 0) is 82.7 Å². The van der Waals surface area contributed by atoms with E-state index in [1.54, 1.807) is 30.5 Å². The van der Waals surface area contributed by atoms with E-state index in [0.29, 0.717) is 6.04 Å². The molecule has 0 aliphatic carbocycles. The SMILES string of the molecule is C=C(C)C(C)N(/C=C(\C/C=C\C)CN1CCCC(CC)(O/N=C/c2ccc(C(=O)O)cc2)CC1)CCC. The van der Waals surface area contributed by atoms with Gasteiger partial charge >= 0.3 is 5.97 Å². The predicted octanol–water partition coefficient (Wildman–Crippen LogP) is 6.90. The molecule has 1 fully saturated rings. The molecule has 1 N–H and O–H groups in total. The molecule has 6 nitrogen and oxygen atoms in total. The summed E-state index contributed by atoms with van der Waals surface area (Å²) in [6.07, 6.45) is 14.3. The molecule has 37 heavy (non-hydrogen) atoms. The highest BCUT2D eigenvalue weighted by Crippen LogP contribution is 2.30. The molecular weight excluding hydrogens is 462 g/mol. The number of allylic oxidation sites excluding steroid dienone is 2. The van der Waals surface area contributed by atoms with E-state index < -0.39 is 5.97 Å². The Balaban J connectivity index is 2.07. The van der Waals surface area contributed by atoms with Crippen LogP contribution in [0.2, 0.25) is 0 Å². The lowest BCUT2D eigenvalue weighted by molar-refractivity contribution is -0.0554. The van der Waals surface area contributed by atoms with Gasteiger partial charge < -0.3 is 14.8 Å². The van der Waals surface area contributed by atoms with Crippen LogP contribution in [0.5, 0.6) is 0 Å². The maximum Gasteiger partial charge on any atom is 0.335 e. The van der Waals surface area contributed by atoms with Crippen molar-refractivity contribution < 1.29 is 14.7 Å². The lowest BCUT2D eigenvalue weighted by Gasteiger charge is -2.31. The third-order valence-electron chi connectivity index (χ3n) is 7.32. The number of hydrogen-bond acceptors (Lipinski definition) is 5. The molecule has 0 radical (unpaired) electrons. The van der Waals surface area contributed by atoms with Gasteiger partial charge in [-0.15, -0.1) is 0 Å². The molecule has 2 rings (SSSR count). The Bertz CT molecular complexity index is 951. The van der Waals surface area contributed by atoms with Crippen LogP contribution in [-0.2, 0) is 4.84 Å². The summed E-state index contributed by atoms with van der Waals surface area (Å²) < 4.78 is 0. The van der Waals surface area contributed by atoms with E-state index in [9.17, 15) is 4.79 Å². The number of nitrogens with zero attached hydrogens (tertiary/aromatic N) is 3. The van der Waals surface area contributed by atoms with Gasteiger partial charge in [-0.25, -0.2) is 4.79 Å². The summed E-state index contributed by atoms with van der Waals surface area (Å²) in [6.45, 7) is 19.0. The largest absolute Gasteiger partial charge is 0.478 e. The van der Waals surface area contributed by atoms with Crippen molar-refractivity contribution in [2.75, 3.05) is 26.2 Å². The van der Waals surface area contributed by atoms with Crippen molar-refractivity contribution in [3.05, 3.63) is 71.5 Å². The zero-order chi connectivity index (χ0) is 27.3. The number of benzene rings is 1. The van der Waals surface area contributed by atoms with E-state index in [1.165, 1.54) is 11.1 Å². The maximum absolute atomic E-state index is 11.1. The lowest BCUT2D eigenvalue weighted by Crippen LogP contribution is -2.34. The Morgan fingerprint density at radius 3 is 2.59 bits per heavy atom. The van der Waals surface area contributed by atoms with Gasteiger partial charge in [0.25, 0.3) is 0 Å². The van der Waals surface area contributed by atoms with Gasteiger partial charge in [0, 0.05) is 38.3 Å². The molecule has 1 saturated heterocycles. The van der Waals surface area contributed by atoms with Gasteiger partial charge in [0.1, 0.15) is 5.60 Å². The molecule has 0 spiro atoms. The second-order valence-corrected chi connectivity index (χ2v) is 10.2. The summed E-state index contributed by atoms with van der Waals surface area (Å²) in [5.74, 6) is -0.931. The van der Waals surface area contributed by atoms with Crippen LogP contribution in [-0.4, -0.2) is 64.9 Å². The van der Waals surface area contributed by atoms with E-state index in [1.807, 2.05) is 0 Å². The first kappa shape index (κ1) is 30.4. The first-order chi connectivity index (χ1) is 17.7. The van der Waals surface area contributed by atoms with Gasteiger partial charge in [-0.1, -0.05) is 55.4 Å². The van der Waals surface area contributed by atoms with Crippen LogP contribution in [0.4, 0.5) is 0 Å². The molecule has 1 aromatic carbocycles. The van der Waals surface area contributed by atoms with Crippen LogP contribution in [0.3, 0.4) is 0 Å². The summed E-state index contributed by atoms with van der Waals surface area (Å²) in [5, 5.41) is 13.4. The molecule has 2 atom stereocenters. The number of rotatable bonds is 14. The molecule has 2 unspecified atom stereocenters. The topological polar surface area (TPSA) is 65.4 Å². The molecule has 0 saturated carbocycles. The number of likely N-dealkylation sites (tertiary alicyclic amines) is 1. The van der Waals surface area contributed by atoms with Crippen molar-refractivity contribution in [2.45, 2.75) is 84.8 Å². The molecule has 1 aromatic rings. The number of aromatic carboxylic acids is 1. The van der Waals surface area contributed by atoms with Crippen LogP contribution in [0, 0.1) is 0 Å². The highest BCUT2D eigenvalue weighted by atomic mass is 16.6. The second kappa shape index (κ2) is 15.4. The van der Waals surface area contributed by atoms with Crippen molar-refractivity contribution >= 4 is 12.2 Å². The first-order valence-corrected chi connectivity index (χ1v) is 13.7. The van der Waals surface area contributed by atoms with Crippen LogP contribution in [0.25, 0.3) is 0 Å². The van der Waals surface area contributed by atoms with Gasteiger partial charge in [0.2, 0.25) is 0 Å². The lowest BCUT2D eigenvalue weighted by atomic mass is 9.92. The fraction of sp³-hybridized carbons (Fsp3) is 0.548. The summed E-state index contributed by atoms with van der Waals surface area (Å²) >= 11 is 0. The molecule has 204 valence electrons. The average Bonchev–Trinajstić information content (AvgIpc) is 3.09. The monoisotopic (exact) mass is 509 g/mol. The molecule has 1 aliphatic rings. The molecule has 1 aliphatic heterocycles. The summed E-state index contributed by atoms with van der Waals surface area (Å²) in [4.78, 5) is 22.2. The van der Waals surface area contributed by atoms with Crippen molar-refractivity contribution in [3.8, 4) is 0 Å². The molecule has 0 amide bonds. The smallest absolute Gasteiger partial charge is 0.335 e. The van der Waals surface area contributed by atoms with Gasteiger partial charge in [-0.2, -0.15) is 0 Å². The minimum absolute atomic E-state index is 0.265. The van der Waals surface area contributed by atoms with Gasteiger partial charge in [-0.3, -0.25) is 4.90 Å². The van der Waals surface area contributed by atoms with Crippen molar-refractivity contribution in [1.82, 2.24) is 9.80 Å². The Hall–Kier alpha value is -2.86. The van der Waals surface area contributed by atoms with Crippen LogP contribution >= 0.6 is 0 Å². The van der Waals surface area contributed by atoms with Crippen LogP contribution < -0.4 is 0 Å². The molecule has 0 aromatic heterocycles. The van der Waals surface area contributed by atoms with E-state index in [-0.39, 0.29) is 11.2 Å². The Kier molecular flexibility index (Phi) is 12.6. The quantitative estimate of drug-likeness (QED) is 0.168. The summed E-state index contributed by atoms with van der Waals surface area (Å²) in [5.41, 5.74) is 3.43. The van der Waals surface area contributed by atoms with Crippen LogP contribution in [0.15, 0.2) is 65.5 Å². The Labute approximate surface area is 224 Å². The minimum atomic E-state index is -0.931. The standard InChI is InChI=1S/C31H47N3O3/c1-7-10-12-28(24-34(19-8-2)26(6)25(4)5)23-33-20-11-17-31(9-3,18-21-33)37-32-22-27-13-15-29(16-14-27)30(35)36/h7,10,13-16,22,24,26H,4,8-9,11-12,17-21,23H2,1-3,5-6H3,(H,35,36)/b10-7-,28-24+,32-22+. The third-order valence-corrected chi connectivity index (χ3v) is 7.32. The number of carboxylic acids is 1. The van der Waals surface area contributed by atoms with Crippen LogP contribution in [0.1, 0.15) is 89.1 Å². The first-order valence-electron chi connectivity index (χ1n) is 13.7. The highest BCUT2D eigenvalue weighted by molar-refractivity contribution is 5.89. The molecule has 1 heterocycles. The van der Waals surface area contributed by atoms with E-state index in [2.05, 4.69) is 74.5 Å². The van der Waals surface area contributed by atoms with Crippen molar-refractivity contribution in [3.63, 3.8) is 0 Å². The molecular formula is C31H47N3O3. The summed E-state index contributed by atoms with van der Waals surface area (Å²) in [7, 11) is 0. The minimum Gasteiger partial charge on any atom is -0.478 e. The fourth-order valence-corrected chi connectivity index (χ4v) is 4.66.